The number of nitrogens with two attached hydrogens (primary N) is 1. The van der Waals surface area contributed by atoms with E-state index in [2.05, 4.69) is 6.92 Å². The van der Waals surface area contributed by atoms with E-state index >= 15 is 0 Å². The minimum Gasteiger partial charge on any atom is -0.544 e. The Kier molecular flexibility index (Phi) is 13.2. The SMILES string of the molecule is CCCCCOC(=O)CC[C@H](N)C(=O)O.C[N+](C)(C)CC(=O)[O-]. The predicted molar refractivity (Wildman–Crippen MR) is 83.2 cm³/mol. The zero-order chi connectivity index (χ0) is 18.5. The number of hydrogen-bond donors (Lipinski definition) is 2. The normalized spacial score (nSPS) is 11.9. The second kappa shape index (κ2) is 12.8. The first-order valence-electron chi connectivity index (χ1n) is 7.64. The largest absolute Gasteiger partial charge is 0.544 e. The number of hydrogen-bond acceptors (Lipinski definition) is 6. The van der Waals surface area contributed by atoms with Crippen LogP contribution in [0.5, 0.6) is 0 Å². The van der Waals surface area contributed by atoms with Gasteiger partial charge in [-0.2, -0.15) is 0 Å². The second-order valence-electron chi connectivity index (χ2n) is 6.23. The first-order valence-corrected chi connectivity index (χ1v) is 7.64. The smallest absolute Gasteiger partial charge is 0.320 e. The Bertz CT molecular complexity index is 365. The Morgan fingerprint density at radius 3 is 2.13 bits per heavy atom. The molecule has 0 spiro atoms. The number of carbonyl (C=O) groups excluding carboxylic acids is 2. The third-order valence-electron chi connectivity index (χ3n) is 2.59. The van der Waals surface area contributed by atoms with E-state index < -0.39 is 18.0 Å². The summed E-state index contributed by atoms with van der Waals surface area (Å²) in [7, 11) is 5.40. The summed E-state index contributed by atoms with van der Waals surface area (Å²) in [5.74, 6) is -2.46. The summed E-state index contributed by atoms with van der Waals surface area (Å²) in [5, 5.41) is 18.4. The quantitative estimate of drug-likeness (QED) is 0.308. The Labute approximate surface area is 137 Å². The lowest BCUT2D eigenvalue weighted by Gasteiger charge is -2.23. The number of ether oxygens (including phenoxy) is 1. The van der Waals surface area contributed by atoms with Gasteiger partial charge in [-0.1, -0.05) is 19.8 Å². The minimum atomic E-state index is -1.09. The maximum absolute atomic E-state index is 11.1. The van der Waals surface area contributed by atoms with E-state index in [9.17, 15) is 19.5 Å². The van der Waals surface area contributed by atoms with Crippen LogP contribution >= 0.6 is 0 Å². The van der Waals surface area contributed by atoms with Crippen LogP contribution in [0, 0.1) is 0 Å². The first-order chi connectivity index (χ1) is 10.5. The van der Waals surface area contributed by atoms with Gasteiger partial charge in [0, 0.05) is 6.42 Å². The third kappa shape index (κ3) is 20.3. The van der Waals surface area contributed by atoms with Crippen molar-refractivity contribution in [3.05, 3.63) is 0 Å². The summed E-state index contributed by atoms with van der Waals surface area (Å²) >= 11 is 0. The average molecular weight is 334 g/mol. The molecule has 0 heterocycles. The van der Waals surface area contributed by atoms with Gasteiger partial charge in [0.05, 0.1) is 33.7 Å². The molecule has 0 unspecified atom stereocenters. The molecule has 1 atom stereocenters. The summed E-state index contributed by atoms with van der Waals surface area (Å²) in [6.07, 6.45) is 3.15. The van der Waals surface area contributed by atoms with E-state index in [4.69, 9.17) is 15.6 Å². The van der Waals surface area contributed by atoms with E-state index in [1.54, 1.807) is 21.1 Å². The number of esters is 1. The van der Waals surface area contributed by atoms with Gasteiger partial charge >= 0.3 is 11.9 Å². The van der Waals surface area contributed by atoms with Crippen molar-refractivity contribution in [1.29, 1.82) is 0 Å². The van der Waals surface area contributed by atoms with Crippen molar-refractivity contribution in [2.75, 3.05) is 34.3 Å². The molecule has 0 aromatic carbocycles. The van der Waals surface area contributed by atoms with Gasteiger partial charge in [-0.25, -0.2) is 0 Å². The van der Waals surface area contributed by atoms with Crippen molar-refractivity contribution in [3.63, 3.8) is 0 Å². The van der Waals surface area contributed by atoms with E-state index in [0.717, 1.165) is 19.3 Å². The molecule has 0 aromatic rings. The molecule has 0 radical (unpaired) electrons. The fourth-order valence-corrected chi connectivity index (χ4v) is 1.39. The molecule has 0 aliphatic heterocycles. The first kappa shape index (κ1) is 23.6. The number of quaternary nitrogens is 1. The van der Waals surface area contributed by atoms with Gasteiger partial charge in [-0.3, -0.25) is 9.59 Å². The molecule has 0 saturated heterocycles. The summed E-state index contributed by atoms with van der Waals surface area (Å²) in [4.78, 5) is 31.3. The topological polar surface area (TPSA) is 130 Å². The summed E-state index contributed by atoms with van der Waals surface area (Å²) in [6.45, 7) is 2.54. The third-order valence-corrected chi connectivity index (χ3v) is 2.59. The van der Waals surface area contributed by atoms with E-state index in [1.807, 2.05) is 0 Å². The molecule has 136 valence electrons. The van der Waals surface area contributed by atoms with Gasteiger partial charge in [0.1, 0.15) is 12.6 Å². The number of nitrogens with zero attached hydrogens (tertiary/aromatic N) is 1. The molecule has 3 N–H and O–H groups in total. The summed E-state index contributed by atoms with van der Waals surface area (Å²) in [6, 6.07) is -0.979. The molecule has 0 rings (SSSR count). The lowest BCUT2D eigenvalue weighted by Crippen LogP contribution is -2.45. The number of unbranched alkanes of at least 4 members (excludes halogenated alkanes) is 2. The molecule has 0 fully saturated rings. The molecule has 0 amide bonds. The van der Waals surface area contributed by atoms with Crippen molar-refractivity contribution in [2.24, 2.45) is 5.73 Å². The van der Waals surface area contributed by atoms with Gasteiger partial charge in [-0.05, 0) is 12.8 Å². The van der Waals surface area contributed by atoms with Crippen LogP contribution < -0.4 is 10.8 Å². The predicted octanol–water partition coefficient (Wildman–Crippen LogP) is -0.646. The highest BCUT2D eigenvalue weighted by atomic mass is 16.5. The monoisotopic (exact) mass is 334 g/mol. The number of carbonyl (C=O) groups is 3. The van der Waals surface area contributed by atoms with Crippen molar-refractivity contribution in [2.45, 2.75) is 45.1 Å². The van der Waals surface area contributed by atoms with Gasteiger partial charge in [0.15, 0.2) is 0 Å². The molecule has 0 saturated carbocycles. The standard InChI is InChI=1S/C10H19NO4.C5H11NO2/c1-2-3-4-7-15-9(12)6-5-8(11)10(13)14;1-6(2,3)4-5(7)8/h8H,2-7,11H2,1H3,(H,13,14);4H2,1-3H3/t8-;/m0./s1. The van der Waals surface area contributed by atoms with Crippen LogP contribution in [0.1, 0.15) is 39.0 Å². The van der Waals surface area contributed by atoms with E-state index in [1.165, 1.54) is 0 Å². The lowest BCUT2D eigenvalue weighted by molar-refractivity contribution is -0.864. The second-order valence-corrected chi connectivity index (χ2v) is 6.23. The molecular weight excluding hydrogens is 304 g/mol. The average Bonchev–Trinajstić information content (AvgIpc) is 2.38. The fraction of sp³-hybridized carbons (Fsp3) is 0.800. The highest BCUT2D eigenvalue weighted by molar-refractivity contribution is 5.75. The van der Waals surface area contributed by atoms with Gasteiger partial charge in [0.25, 0.3) is 0 Å². The zero-order valence-electron chi connectivity index (χ0n) is 14.5. The number of carboxylic acid groups (broad SMARTS) is 2. The molecule has 8 nitrogen and oxygen atoms in total. The van der Waals surface area contributed by atoms with Gasteiger partial charge in [-0.15, -0.1) is 0 Å². The molecule has 0 aliphatic rings. The zero-order valence-corrected chi connectivity index (χ0v) is 14.5. The Hall–Kier alpha value is -1.67. The molecular formula is C15H30N2O6. The minimum absolute atomic E-state index is 0.0690. The molecule has 0 aromatic heterocycles. The van der Waals surface area contributed by atoms with Gasteiger partial charge < -0.3 is 30.0 Å². The molecule has 0 aliphatic carbocycles. The summed E-state index contributed by atoms with van der Waals surface area (Å²) < 4.78 is 5.31. The van der Waals surface area contributed by atoms with Crippen molar-refractivity contribution < 1.29 is 33.8 Å². The van der Waals surface area contributed by atoms with Crippen molar-refractivity contribution in [1.82, 2.24) is 0 Å². The van der Waals surface area contributed by atoms with Crippen LogP contribution in [0.15, 0.2) is 0 Å². The highest BCUT2D eigenvalue weighted by Crippen LogP contribution is 2.00. The highest BCUT2D eigenvalue weighted by Gasteiger charge is 2.13. The van der Waals surface area contributed by atoms with Gasteiger partial charge in [0.2, 0.25) is 0 Å². The molecule has 8 heteroatoms. The Morgan fingerprint density at radius 2 is 1.78 bits per heavy atom. The fourth-order valence-electron chi connectivity index (χ4n) is 1.39. The molecule has 0 bridgehead atoms. The van der Waals surface area contributed by atoms with Crippen LogP contribution in [0.3, 0.4) is 0 Å². The van der Waals surface area contributed by atoms with Crippen LogP contribution in [-0.4, -0.2) is 67.8 Å². The van der Waals surface area contributed by atoms with E-state index in [-0.39, 0.29) is 25.4 Å². The summed E-state index contributed by atoms with van der Waals surface area (Å²) in [5.41, 5.74) is 5.23. The lowest BCUT2D eigenvalue weighted by atomic mass is 10.2. The van der Waals surface area contributed by atoms with E-state index in [0.29, 0.717) is 11.1 Å². The maximum Gasteiger partial charge on any atom is 0.320 e. The number of rotatable bonds is 10. The number of carboxylic acids is 2. The van der Waals surface area contributed by atoms with Crippen LogP contribution in [0.25, 0.3) is 0 Å². The van der Waals surface area contributed by atoms with Crippen LogP contribution in [0.4, 0.5) is 0 Å². The van der Waals surface area contributed by atoms with Crippen molar-refractivity contribution >= 4 is 17.9 Å². The van der Waals surface area contributed by atoms with Crippen LogP contribution in [0.2, 0.25) is 0 Å². The van der Waals surface area contributed by atoms with Crippen molar-refractivity contribution in [3.8, 4) is 0 Å². The Balaban J connectivity index is 0. The number of likely N-dealkylation sites (N-methyl/N-ethyl adjacent to an activating group) is 1. The maximum atomic E-state index is 11.1. The Morgan fingerprint density at radius 1 is 1.22 bits per heavy atom. The molecule has 23 heavy (non-hydrogen) atoms. The van der Waals surface area contributed by atoms with Crippen LogP contribution in [-0.2, 0) is 19.1 Å². The number of aliphatic carboxylic acids is 2.